The lowest BCUT2D eigenvalue weighted by Gasteiger charge is -2.10. The minimum absolute atomic E-state index is 0.472. The fraction of sp³-hybridized carbons (Fsp3) is 0. The molecule has 3 N–H and O–H groups in total. The molecule has 0 radical (unpaired) electrons. The Morgan fingerprint density at radius 3 is 2.85 bits per heavy atom. The van der Waals surface area contributed by atoms with Crippen LogP contribution in [0.5, 0.6) is 0 Å². The van der Waals surface area contributed by atoms with Gasteiger partial charge in [0.25, 0.3) is 0 Å². The Kier molecular flexibility index (Phi) is 2.94. The van der Waals surface area contributed by atoms with Crippen molar-refractivity contribution in [3.8, 4) is 6.07 Å². The Balaban J connectivity index is 2.02. The Labute approximate surface area is 116 Å². The molecule has 20 heavy (non-hydrogen) atoms. The van der Waals surface area contributed by atoms with Crippen molar-refractivity contribution in [1.29, 1.82) is 5.26 Å². The number of hydrogen-bond donors (Lipinski definition) is 2. The lowest BCUT2D eigenvalue weighted by Crippen LogP contribution is -1.95. The molecule has 0 unspecified atom stereocenters. The zero-order valence-electron chi connectivity index (χ0n) is 10.7. The van der Waals surface area contributed by atoms with Crippen molar-refractivity contribution in [2.45, 2.75) is 0 Å². The summed E-state index contributed by atoms with van der Waals surface area (Å²) >= 11 is 0. The highest BCUT2D eigenvalue weighted by molar-refractivity contribution is 5.94. The van der Waals surface area contributed by atoms with Crippen LogP contribution in [-0.4, -0.2) is 4.98 Å². The van der Waals surface area contributed by atoms with Gasteiger partial charge in [0.2, 0.25) is 0 Å². The van der Waals surface area contributed by atoms with E-state index >= 15 is 0 Å². The number of aromatic nitrogens is 1. The average molecular weight is 260 g/mol. The lowest BCUT2D eigenvalue weighted by atomic mass is 10.1. The number of anilines is 3. The van der Waals surface area contributed by atoms with Crippen molar-refractivity contribution in [3.05, 3.63) is 60.4 Å². The first-order chi connectivity index (χ1) is 9.78. The molecule has 0 amide bonds. The molecule has 1 heterocycles. The Bertz CT molecular complexity index is 813. The van der Waals surface area contributed by atoms with Crippen molar-refractivity contribution in [2.75, 3.05) is 11.1 Å². The number of fused-ring (bicyclic) bond motifs is 1. The van der Waals surface area contributed by atoms with Gasteiger partial charge >= 0.3 is 0 Å². The summed E-state index contributed by atoms with van der Waals surface area (Å²) in [6, 6.07) is 15.3. The minimum atomic E-state index is 0.472. The highest BCUT2D eigenvalue weighted by Gasteiger charge is 2.03. The van der Waals surface area contributed by atoms with Crippen LogP contribution in [0.15, 0.2) is 54.9 Å². The van der Waals surface area contributed by atoms with Crippen LogP contribution < -0.4 is 11.1 Å². The van der Waals surface area contributed by atoms with E-state index in [0.29, 0.717) is 11.3 Å². The Morgan fingerprint density at radius 2 is 2.05 bits per heavy atom. The van der Waals surface area contributed by atoms with Crippen molar-refractivity contribution in [1.82, 2.24) is 4.98 Å². The maximum atomic E-state index is 8.88. The molecule has 0 saturated heterocycles. The normalized spacial score (nSPS) is 10.2. The Morgan fingerprint density at radius 1 is 1.15 bits per heavy atom. The van der Waals surface area contributed by atoms with Crippen LogP contribution in [0.25, 0.3) is 10.8 Å². The van der Waals surface area contributed by atoms with Crippen LogP contribution in [0.3, 0.4) is 0 Å². The number of pyridine rings is 1. The van der Waals surface area contributed by atoms with E-state index in [1.165, 1.54) is 0 Å². The highest BCUT2D eigenvalue weighted by atomic mass is 14.9. The molecule has 4 nitrogen and oxygen atoms in total. The van der Waals surface area contributed by atoms with E-state index < -0.39 is 0 Å². The van der Waals surface area contributed by atoms with E-state index in [1.807, 2.05) is 36.5 Å². The van der Waals surface area contributed by atoms with Gasteiger partial charge < -0.3 is 11.1 Å². The van der Waals surface area contributed by atoms with Crippen LogP contribution in [0.4, 0.5) is 17.1 Å². The van der Waals surface area contributed by atoms with Gasteiger partial charge in [0, 0.05) is 34.5 Å². The SMILES string of the molecule is N#Cc1ccc(Nc2cccc3cnccc23)cc1N. The number of nitrogens with one attached hydrogen (secondary N) is 1. The molecule has 0 aliphatic carbocycles. The number of rotatable bonds is 2. The predicted octanol–water partition coefficient (Wildman–Crippen LogP) is 3.43. The van der Waals surface area contributed by atoms with E-state index in [2.05, 4.69) is 16.4 Å². The molecule has 3 rings (SSSR count). The first-order valence-corrected chi connectivity index (χ1v) is 6.17. The largest absolute Gasteiger partial charge is 0.398 e. The molecular weight excluding hydrogens is 248 g/mol. The van der Waals surface area contributed by atoms with Gasteiger partial charge in [0.15, 0.2) is 0 Å². The third-order valence-corrected chi connectivity index (χ3v) is 3.13. The number of benzene rings is 2. The minimum Gasteiger partial charge on any atom is -0.398 e. The summed E-state index contributed by atoms with van der Waals surface area (Å²) in [6.45, 7) is 0. The van der Waals surface area contributed by atoms with Crippen molar-refractivity contribution < 1.29 is 0 Å². The first kappa shape index (κ1) is 12.0. The zero-order valence-corrected chi connectivity index (χ0v) is 10.7. The summed E-state index contributed by atoms with van der Waals surface area (Å²) < 4.78 is 0. The summed E-state index contributed by atoms with van der Waals surface area (Å²) in [5.74, 6) is 0. The second kappa shape index (κ2) is 4.90. The topological polar surface area (TPSA) is 74.7 Å². The Hall–Kier alpha value is -3.06. The van der Waals surface area contributed by atoms with Crippen molar-refractivity contribution in [3.63, 3.8) is 0 Å². The molecule has 4 heteroatoms. The number of hydrogen-bond acceptors (Lipinski definition) is 4. The molecule has 0 spiro atoms. The monoisotopic (exact) mass is 260 g/mol. The first-order valence-electron chi connectivity index (χ1n) is 6.17. The van der Waals surface area contributed by atoms with E-state index in [-0.39, 0.29) is 0 Å². The van der Waals surface area contributed by atoms with Crippen LogP contribution >= 0.6 is 0 Å². The summed E-state index contributed by atoms with van der Waals surface area (Å²) in [5, 5.41) is 14.4. The summed E-state index contributed by atoms with van der Waals surface area (Å²) in [7, 11) is 0. The lowest BCUT2D eigenvalue weighted by molar-refractivity contribution is 1.36. The molecule has 0 atom stereocenters. The van der Waals surface area contributed by atoms with Gasteiger partial charge in [-0.15, -0.1) is 0 Å². The third kappa shape index (κ3) is 2.13. The second-order valence-corrected chi connectivity index (χ2v) is 4.44. The molecule has 2 aromatic carbocycles. The van der Waals surface area contributed by atoms with E-state index in [0.717, 1.165) is 22.1 Å². The van der Waals surface area contributed by atoms with E-state index in [4.69, 9.17) is 11.0 Å². The fourth-order valence-corrected chi connectivity index (χ4v) is 2.13. The second-order valence-electron chi connectivity index (χ2n) is 4.44. The van der Waals surface area contributed by atoms with E-state index in [1.54, 1.807) is 18.3 Å². The van der Waals surface area contributed by atoms with Crippen LogP contribution in [-0.2, 0) is 0 Å². The number of nitrogen functional groups attached to an aromatic ring is 1. The van der Waals surface area contributed by atoms with Gasteiger partial charge in [-0.2, -0.15) is 5.26 Å². The molecule has 1 aromatic heterocycles. The zero-order chi connectivity index (χ0) is 13.9. The standard InChI is InChI=1S/C16H12N4/c17-9-11-4-5-13(8-15(11)18)20-16-3-1-2-12-10-19-7-6-14(12)16/h1-8,10,20H,18H2. The van der Waals surface area contributed by atoms with E-state index in [9.17, 15) is 0 Å². The van der Waals surface area contributed by atoms with Gasteiger partial charge in [-0.05, 0) is 30.3 Å². The van der Waals surface area contributed by atoms with Gasteiger partial charge in [-0.25, -0.2) is 0 Å². The van der Waals surface area contributed by atoms with Gasteiger partial charge in [-0.3, -0.25) is 4.98 Å². The molecule has 0 fully saturated rings. The number of nitrogens with zero attached hydrogens (tertiary/aromatic N) is 2. The molecule has 3 aromatic rings. The molecule has 96 valence electrons. The average Bonchev–Trinajstić information content (AvgIpc) is 2.48. The van der Waals surface area contributed by atoms with Gasteiger partial charge in [0.05, 0.1) is 11.3 Å². The maximum Gasteiger partial charge on any atom is 0.101 e. The van der Waals surface area contributed by atoms with Gasteiger partial charge in [0.1, 0.15) is 6.07 Å². The molecule has 0 saturated carbocycles. The number of nitriles is 1. The van der Waals surface area contributed by atoms with Crippen LogP contribution in [0, 0.1) is 11.3 Å². The molecule has 0 aliphatic rings. The summed E-state index contributed by atoms with van der Waals surface area (Å²) in [4.78, 5) is 4.11. The summed E-state index contributed by atoms with van der Waals surface area (Å²) in [5.41, 5.74) is 8.61. The molecule has 0 aliphatic heterocycles. The highest BCUT2D eigenvalue weighted by Crippen LogP contribution is 2.27. The maximum absolute atomic E-state index is 8.88. The fourth-order valence-electron chi connectivity index (χ4n) is 2.13. The molecule has 0 bridgehead atoms. The molecular formula is C16H12N4. The third-order valence-electron chi connectivity index (χ3n) is 3.13. The quantitative estimate of drug-likeness (QED) is 0.692. The van der Waals surface area contributed by atoms with Gasteiger partial charge in [-0.1, -0.05) is 12.1 Å². The van der Waals surface area contributed by atoms with Crippen LogP contribution in [0.2, 0.25) is 0 Å². The predicted molar refractivity (Wildman–Crippen MR) is 80.6 cm³/mol. The van der Waals surface area contributed by atoms with Crippen molar-refractivity contribution in [2.24, 2.45) is 0 Å². The smallest absolute Gasteiger partial charge is 0.101 e. The number of nitrogens with two attached hydrogens (primary N) is 1. The van der Waals surface area contributed by atoms with Crippen LogP contribution in [0.1, 0.15) is 5.56 Å². The van der Waals surface area contributed by atoms with Crippen molar-refractivity contribution >= 4 is 27.8 Å². The summed E-state index contributed by atoms with van der Waals surface area (Å²) in [6.07, 6.45) is 3.59.